The molecule has 1 atom stereocenters. The fraction of sp³-hybridized carbons (Fsp3) is 0.235. The van der Waals surface area contributed by atoms with Crippen LogP contribution in [-0.4, -0.2) is 20.1 Å². The lowest BCUT2D eigenvalue weighted by atomic mass is 10.1. The van der Waals surface area contributed by atoms with Gasteiger partial charge in [-0.15, -0.1) is 0 Å². The van der Waals surface area contributed by atoms with E-state index in [1.54, 1.807) is 7.11 Å². The number of carbonyl (C=O) groups excluding carboxylic acids is 1. The van der Waals surface area contributed by atoms with Crippen molar-refractivity contribution < 1.29 is 18.7 Å². The van der Waals surface area contributed by atoms with E-state index < -0.39 is 5.82 Å². The van der Waals surface area contributed by atoms with Crippen LogP contribution in [0.1, 0.15) is 28.9 Å². The van der Waals surface area contributed by atoms with E-state index in [1.807, 2.05) is 31.2 Å². The third-order valence-corrected chi connectivity index (χ3v) is 3.37. The molecular weight excluding hydrogens is 285 g/mol. The molecule has 2 aromatic rings. The summed E-state index contributed by atoms with van der Waals surface area (Å²) in [6.07, 6.45) is 0. The van der Waals surface area contributed by atoms with E-state index in [0.717, 1.165) is 11.6 Å². The Morgan fingerprint density at radius 3 is 2.41 bits per heavy atom. The van der Waals surface area contributed by atoms with Crippen LogP contribution >= 0.6 is 0 Å². The minimum absolute atomic E-state index is 0.106. The first-order valence-electron chi connectivity index (χ1n) is 6.84. The van der Waals surface area contributed by atoms with Crippen LogP contribution in [0.4, 0.5) is 4.39 Å². The lowest BCUT2D eigenvalue weighted by Gasteiger charge is -2.17. The van der Waals surface area contributed by atoms with Gasteiger partial charge in [0.2, 0.25) is 0 Å². The largest absolute Gasteiger partial charge is 0.496 e. The molecule has 0 aromatic heterocycles. The van der Waals surface area contributed by atoms with Gasteiger partial charge < -0.3 is 14.8 Å². The van der Waals surface area contributed by atoms with Crippen molar-refractivity contribution in [1.29, 1.82) is 0 Å². The topological polar surface area (TPSA) is 47.6 Å². The number of hydrogen-bond acceptors (Lipinski definition) is 3. The summed E-state index contributed by atoms with van der Waals surface area (Å²) in [5.74, 6) is -0.134. The summed E-state index contributed by atoms with van der Waals surface area (Å²) in [6, 6.07) is 11.3. The predicted octanol–water partition coefficient (Wildman–Crippen LogP) is 3.33. The summed E-state index contributed by atoms with van der Waals surface area (Å²) < 4.78 is 23.8. The number of rotatable bonds is 5. The van der Waals surface area contributed by atoms with Gasteiger partial charge in [0, 0.05) is 11.1 Å². The quantitative estimate of drug-likeness (QED) is 0.921. The van der Waals surface area contributed by atoms with Crippen LogP contribution in [0.5, 0.6) is 11.5 Å². The maximum absolute atomic E-state index is 13.7. The smallest absolute Gasteiger partial charge is 0.251 e. The maximum Gasteiger partial charge on any atom is 0.251 e. The molecule has 5 heteroatoms. The van der Waals surface area contributed by atoms with Crippen LogP contribution in [0, 0.1) is 5.82 Å². The Labute approximate surface area is 128 Å². The van der Waals surface area contributed by atoms with Crippen molar-refractivity contribution in [2.75, 3.05) is 14.2 Å². The summed E-state index contributed by atoms with van der Waals surface area (Å²) in [5, 5.41) is 2.83. The normalized spacial score (nSPS) is 11.6. The molecule has 0 saturated carbocycles. The summed E-state index contributed by atoms with van der Waals surface area (Å²) in [7, 11) is 2.95. The summed E-state index contributed by atoms with van der Waals surface area (Å²) in [4.78, 5) is 12.2. The first-order valence-corrected chi connectivity index (χ1v) is 6.84. The number of methoxy groups -OCH3 is 2. The van der Waals surface area contributed by atoms with Crippen LogP contribution in [0.25, 0.3) is 0 Å². The van der Waals surface area contributed by atoms with Crippen molar-refractivity contribution >= 4 is 5.91 Å². The first kappa shape index (κ1) is 15.8. The van der Waals surface area contributed by atoms with Gasteiger partial charge in [-0.25, -0.2) is 4.39 Å². The van der Waals surface area contributed by atoms with Gasteiger partial charge in [-0.3, -0.25) is 4.79 Å². The van der Waals surface area contributed by atoms with E-state index in [9.17, 15) is 9.18 Å². The van der Waals surface area contributed by atoms with Crippen LogP contribution in [0.15, 0.2) is 42.5 Å². The van der Waals surface area contributed by atoms with Gasteiger partial charge in [0.1, 0.15) is 5.75 Å². The number of hydrogen-bond donors (Lipinski definition) is 1. The van der Waals surface area contributed by atoms with Gasteiger partial charge in [0.25, 0.3) is 5.91 Å². The van der Waals surface area contributed by atoms with E-state index in [2.05, 4.69) is 5.32 Å². The van der Waals surface area contributed by atoms with Crippen molar-refractivity contribution in [1.82, 2.24) is 5.32 Å². The zero-order chi connectivity index (χ0) is 16.1. The highest BCUT2D eigenvalue weighted by Gasteiger charge is 2.16. The minimum Gasteiger partial charge on any atom is -0.496 e. The molecule has 0 aliphatic carbocycles. The highest BCUT2D eigenvalue weighted by atomic mass is 19.1. The summed E-state index contributed by atoms with van der Waals surface area (Å²) in [6.45, 7) is 1.84. The molecule has 4 nitrogen and oxygen atoms in total. The van der Waals surface area contributed by atoms with Gasteiger partial charge in [0.05, 0.1) is 20.3 Å². The average molecular weight is 303 g/mol. The highest BCUT2D eigenvalue weighted by molar-refractivity contribution is 5.94. The van der Waals surface area contributed by atoms with E-state index >= 15 is 0 Å². The number of ether oxygens (including phenoxy) is 2. The molecule has 0 saturated heterocycles. The number of halogens is 1. The second-order valence-electron chi connectivity index (χ2n) is 4.79. The lowest BCUT2D eigenvalue weighted by molar-refractivity contribution is 0.0939. The molecule has 0 unspecified atom stereocenters. The van der Waals surface area contributed by atoms with Crippen LogP contribution in [0.3, 0.4) is 0 Å². The minimum atomic E-state index is -0.569. The molecule has 0 heterocycles. The lowest BCUT2D eigenvalue weighted by Crippen LogP contribution is -2.27. The third-order valence-electron chi connectivity index (χ3n) is 3.37. The fourth-order valence-corrected chi connectivity index (χ4v) is 2.19. The van der Waals surface area contributed by atoms with Crippen molar-refractivity contribution in [2.24, 2.45) is 0 Å². The van der Waals surface area contributed by atoms with Crippen LogP contribution in [-0.2, 0) is 0 Å². The Morgan fingerprint density at radius 1 is 1.09 bits per heavy atom. The molecule has 0 aliphatic heterocycles. The number of para-hydroxylation sites is 1. The molecule has 0 spiro atoms. The molecule has 116 valence electrons. The molecule has 22 heavy (non-hydrogen) atoms. The molecule has 0 bridgehead atoms. The molecule has 0 aliphatic rings. The second-order valence-corrected chi connectivity index (χ2v) is 4.79. The highest BCUT2D eigenvalue weighted by Crippen LogP contribution is 2.25. The van der Waals surface area contributed by atoms with Crippen molar-refractivity contribution in [3.63, 3.8) is 0 Å². The Kier molecular flexibility index (Phi) is 4.99. The maximum atomic E-state index is 13.7. The van der Waals surface area contributed by atoms with Gasteiger partial charge in [-0.05, 0) is 31.2 Å². The van der Waals surface area contributed by atoms with Gasteiger partial charge in [0.15, 0.2) is 11.6 Å². The standard InChI is InChI=1S/C17H18FNO3/c1-11(13-6-4-5-7-15(13)21-2)19-17(20)12-8-9-16(22-3)14(18)10-12/h4-11H,1-3H3,(H,19,20)/t11-/m0/s1. The fourth-order valence-electron chi connectivity index (χ4n) is 2.19. The zero-order valence-corrected chi connectivity index (χ0v) is 12.7. The summed E-state index contributed by atoms with van der Waals surface area (Å²) >= 11 is 0. The molecule has 2 aromatic carbocycles. The predicted molar refractivity (Wildman–Crippen MR) is 81.8 cm³/mol. The molecule has 0 fully saturated rings. The van der Waals surface area contributed by atoms with Gasteiger partial charge in [-0.1, -0.05) is 18.2 Å². The zero-order valence-electron chi connectivity index (χ0n) is 12.7. The van der Waals surface area contributed by atoms with Crippen molar-refractivity contribution in [2.45, 2.75) is 13.0 Å². The van der Waals surface area contributed by atoms with E-state index in [1.165, 1.54) is 19.2 Å². The van der Waals surface area contributed by atoms with E-state index in [0.29, 0.717) is 5.75 Å². The molecule has 1 amide bonds. The summed E-state index contributed by atoms with van der Waals surface area (Å²) in [5.41, 5.74) is 1.09. The Bertz CT molecular complexity index is 673. The van der Waals surface area contributed by atoms with E-state index in [4.69, 9.17) is 9.47 Å². The molecule has 1 N–H and O–H groups in total. The Balaban J connectivity index is 2.16. The number of nitrogens with one attached hydrogen (secondary N) is 1. The SMILES string of the molecule is COc1ccc(C(=O)N[C@@H](C)c2ccccc2OC)cc1F. The second kappa shape index (κ2) is 6.93. The molecule has 2 rings (SSSR count). The van der Waals surface area contributed by atoms with E-state index in [-0.39, 0.29) is 23.3 Å². The van der Waals surface area contributed by atoms with Crippen LogP contribution in [0.2, 0.25) is 0 Å². The van der Waals surface area contributed by atoms with Crippen molar-refractivity contribution in [3.05, 3.63) is 59.4 Å². The number of amides is 1. The molecule has 0 radical (unpaired) electrons. The van der Waals surface area contributed by atoms with Crippen LogP contribution < -0.4 is 14.8 Å². The number of benzene rings is 2. The monoisotopic (exact) mass is 303 g/mol. The first-order chi connectivity index (χ1) is 10.6. The Morgan fingerprint density at radius 2 is 1.77 bits per heavy atom. The molecular formula is C17H18FNO3. The number of carbonyl (C=O) groups is 1. The van der Waals surface area contributed by atoms with Gasteiger partial charge in [-0.2, -0.15) is 0 Å². The van der Waals surface area contributed by atoms with Gasteiger partial charge >= 0.3 is 0 Å². The average Bonchev–Trinajstić information content (AvgIpc) is 2.54. The van der Waals surface area contributed by atoms with Crippen molar-refractivity contribution in [3.8, 4) is 11.5 Å². The Hall–Kier alpha value is -2.56. The third kappa shape index (κ3) is 3.36.